The van der Waals surface area contributed by atoms with Gasteiger partial charge in [0.1, 0.15) is 5.82 Å². The van der Waals surface area contributed by atoms with Crippen molar-refractivity contribution >= 4 is 17.2 Å². The van der Waals surface area contributed by atoms with Crippen molar-refractivity contribution in [1.82, 2.24) is 19.8 Å². The lowest BCUT2D eigenvalue weighted by Gasteiger charge is -2.28. The summed E-state index contributed by atoms with van der Waals surface area (Å²) in [6.07, 6.45) is 5.10. The number of likely N-dealkylation sites (tertiary alicyclic amines) is 1. The Morgan fingerprint density at radius 1 is 1.38 bits per heavy atom. The number of carbonyl (C=O) groups is 1. The Labute approximate surface area is 146 Å². The highest BCUT2D eigenvalue weighted by Gasteiger charge is 2.28. The van der Waals surface area contributed by atoms with Crippen LogP contribution < -0.4 is 0 Å². The van der Waals surface area contributed by atoms with E-state index in [4.69, 9.17) is 4.98 Å². The third-order valence-corrected chi connectivity index (χ3v) is 5.90. The Morgan fingerprint density at radius 2 is 2.25 bits per heavy atom. The van der Waals surface area contributed by atoms with Gasteiger partial charge in [0.15, 0.2) is 0 Å². The first-order valence-electron chi connectivity index (χ1n) is 8.51. The quantitative estimate of drug-likeness (QED) is 0.842. The summed E-state index contributed by atoms with van der Waals surface area (Å²) in [5.41, 5.74) is 3.00. The predicted octanol–water partition coefficient (Wildman–Crippen LogP) is 2.81. The van der Waals surface area contributed by atoms with Gasteiger partial charge in [-0.25, -0.2) is 9.97 Å². The second-order valence-electron chi connectivity index (χ2n) is 6.76. The van der Waals surface area contributed by atoms with Gasteiger partial charge in [-0.15, -0.1) is 11.3 Å². The number of nitrogens with zero attached hydrogens (tertiary/aromatic N) is 4. The van der Waals surface area contributed by atoms with Gasteiger partial charge < -0.3 is 4.90 Å². The lowest BCUT2D eigenvalue weighted by molar-refractivity contribution is 0.0733. The molecule has 4 rings (SSSR count). The number of rotatable bonds is 2. The Bertz CT molecular complexity index is 772. The second-order valence-corrected chi connectivity index (χ2v) is 7.88. The van der Waals surface area contributed by atoms with E-state index in [2.05, 4.69) is 16.9 Å². The van der Waals surface area contributed by atoms with Gasteiger partial charge in [0.2, 0.25) is 0 Å². The molecule has 2 aliphatic heterocycles. The fourth-order valence-electron chi connectivity index (χ4n) is 3.64. The number of carbonyl (C=O) groups excluding carboxylic acids is 1. The van der Waals surface area contributed by atoms with Crippen LogP contribution in [0.2, 0.25) is 0 Å². The highest BCUT2D eigenvalue weighted by molar-refractivity contribution is 7.10. The molecule has 2 aromatic heterocycles. The predicted molar refractivity (Wildman–Crippen MR) is 94.1 cm³/mol. The van der Waals surface area contributed by atoms with Crippen LogP contribution in [0.5, 0.6) is 0 Å². The summed E-state index contributed by atoms with van der Waals surface area (Å²) in [7, 11) is 2.14. The number of thiophene rings is 1. The van der Waals surface area contributed by atoms with Crippen molar-refractivity contribution in [3.63, 3.8) is 0 Å². The lowest BCUT2D eigenvalue weighted by Crippen LogP contribution is -2.36. The van der Waals surface area contributed by atoms with Crippen LogP contribution in [0.4, 0.5) is 0 Å². The third-order valence-electron chi connectivity index (χ3n) is 5.04. The molecule has 1 fully saturated rings. The molecule has 0 N–H and O–H groups in total. The zero-order chi connectivity index (χ0) is 16.7. The van der Waals surface area contributed by atoms with E-state index in [0.717, 1.165) is 48.6 Å². The van der Waals surface area contributed by atoms with E-state index in [1.54, 1.807) is 11.3 Å². The number of hydrogen-bond acceptors (Lipinski definition) is 5. The number of aromatic nitrogens is 2. The van der Waals surface area contributed by atoms with E-state index in [-0.39, 0.29) is 5.91 Å². The summed E-state index contributed by atoms with van der Waals surface area (Å²) in [5, 5.41) is 1.95. The van der Waals surface area contributed by atoms with Gasteiger partial charge in [-0.3, -0.25) is 9.69 Å². The average Bonchev–Trinajstić information content (AvgIpc) is 3.21. The molecule has 1 atom stereocenters. The SMILES string of the molecule is Cc1cc(C(=O)N2CCc3nc(C4CCCN4C)ncc3C2)cs1. The fourth-order valence-corrected chi connectivity index (χ4v) is 4.32. The van der Waals surface area contributed by atoms with Crippen LogP contribution in [-0.2, 0) is 13.0 Å². The molecule has 5 nitrogen and oxygen atoms in total. The van der Waals surface area contributed by atoms with E-state index in [1.165, 1.54) is 11.3 Å². The van der Waals surface area contributed by atoms with Crippen LogP contribution in [0.15, 0.2) is 17.6 Å². The van der Waals surface area contributed by atoms with Crippen molar-refractivity contribution in [2.45, 2.75) is 38.8 Å². The maximum absolute atomic E-state index is 12.6. The number of amides is 1. The molecule has 6 heteroatoms. The normalized spacial score (nSPS) is 21.1. The molecule has 0 aromatic carbocycles. The highest BCUT2D eigenvalue weighted by Crippen LogP contribution is 2.29. The van der Waals surface area contributed by atoms with Crippen molar-refractivity contribution in [2.24, 2.45) is 0 Å². The second kappa shape index (κ2) is 6.26. The maximum Gasteiger partial charge on any atom is 0.255 e. The monoisotopic (exact) mass is 342 g/mol. The Kier molecular flexibility index (Phi) is 4.10. The van der Waals surface area contributed by atoms with E-state index >= 15 is 0 Å². The number of hydrogen-bond donors (Lipinski definition) is 0. The largest absolute Gasteiger partial charge is 0.334 e. The first-order valence-corrected chi connectivity index (χ1v) is 9.39. The van der Waals surface area contributed by atoms with E-state index in [1.807, 2.05) is 29.5 Å². The summed E-state index contributed by atoms with van der Waals surface area (Å²) in [6.45, 7) is 4.50. The molecule has 4 heterocycles. The standard InChI is InChI=1S/C18H22N4OS/c1-12-8-13(11-24-12)18(23)22-7-5-15-14(10-22)9-19-17(20-15)16-4-3-6-21(16)2/h8-9,11,16H,3-7,10H2,1-2H3. The van der Waals surface area contributed by atoms with Crippen molar-refractivity contribution in [1.29, 1.82) is 0 Å². The number of aryl methyl sites for hydroxylation is 1. The highest BCUT2D eigenvalue weighted by atomic mass is 32.1. The molecule has 0 bridgehead atoms. The summed E-state index contributed by atoms with van der Waals surface area (Å²) in [5.74, 6) is 1.06. The van der Waals surface area contributed by atoms with Crippen LogP contribution in [0, 0.1) is 6.92 Å². The molecule has 0 saturated carbocycles. The van der Waals surface area contributed by atoms with Gasteiger partial charge in [0.05, 0.1) is 17.3 Å². The Morgan fingerprint density at radius 3 is 2.96 bits per heavy atom. The zero-order valence-corrected chi connectivity index (χ0v) is 15.0. The molecule has 0 radical (unpaired) electrons. The third kappa shape index (κ3) is 2.84. The summed E-state index contributed by atoms with van der Waals surface area (Å²) in [6, 6.07) is 2.32. The summed E-state index contributed by atoms with van der Waals surface area (Å²) in [4.78, 5) is 27.5. The molecule has 1 amide bonds. The smallest absolute Gasteiger partial charge is 0.255 e. The van der Waals surface area contributed by atoms with Crippen LogP contribution in [-0.4, -0.2) is 45.8 Å². The zero-order valence-electron chi connectivity index (χ0n) is 14.2. The minimum atomic E-state index is 0.115. The van der Waals surface area contributed by atoms with Crippen molar-refractivity contribution in [2.75, 3.05) is 20.1 Å². The Hall–Kier alpha value is -1.79. The molecular formula is C18H22N4OS. The van der Waals surface area contributed by atoms with E-state index < -0.39 is 0 Å². The summed E-state index contributed by atoms with van der Waals surface area (Å²) < 4.78 is 0. The van der Waals surface area contributed by atoms with Crippen LogP contribution in [0.1, 0.15) is 51.2 Å². The van der Waals surface area contributed by atoms with Crippen molar-refractivity contribution in [3.05, 3.63) is 45.2 Å². The molecule has 0 spiro atoms. The van der Waals surface area contributed by atoms with Gasteiger partial charge in [-0.05, 0) is 39.4 Å². The van der Waals surface area contributed by atoms with E-state index in [9.17, 15) is 4.79 Å². The van der Waals surface area contributed by atoms with Crippen LogP contribution in [0.25, 0.3) is 0 Å². The first-order chi connectivity index (χ1) is 11.6. The maximum atomic E-state index is 12.6. The minimum Gasteiger partial charge on any atom is -0.334 e. The molecule has 1 saturated heterocycles. The first kappa shape index (κ1) is 15.7. The van der Waals surface area contributed by atoms with Crippen LogP contribution >= 0.6 is 11.3 Å². The fraction of sp³-hybridized carbons (Fsp3) is 0.500. The lowest BCUT2D eigenvalue weighted by atomic mass is 10.1. The van der Waals surface area contributed by atoms with Gasteiger partial charge in [-0.2, -0.15) is 0 Å². The van der Waals surface area contributed by atoms with Crippen molar-refractivity contribution in [3.8, 4) is 0 Å². The number of fused-ring (bicyclic) bond motifs is 1. The Balaban J connectivity index is 1.52. The molecular weight excluding hydrogens is 320 g/mol. The molecule has 2 aliphatic rings. The topological polar surface area (TPSA) is 49.3 Å². The van der Waals surface area contributed by atoms with Gasteiger partial charge >= 0.3 is 0 Å². The van der Waals surface area contributed by atoms with Gasteiger partial charge in [0.25, 0.3) is 5.91 Å². The van der Waals surface area contributed by atoms with Crippen molar-refractivity contribution < 1.29 is 4.79 Å². The van der Waals surface area contributed by atoms with E-state index in [0.29, 0.717) is 12.6 Å². The average molecular weight is 342 g/mol. The molecule has 1 unspecified atom stereocenters. The van der Waals surface area contributed by atoms with Gasteiger partial charge in [0, 0.05) is 41.5 Å². The van der Waals surface area contributed by atoms with Gasteiger partial charge in [-0.1, -0.05) is 0 Å². The van der Waals surface area contributed by atoms with Crippen LogP contribution in [0.3, 0.4) is 0 Å². The molecule has 0 aliphatic carbocycles. The molecule has 24 heavy (non-hydrogen) atoms. The minimum absolute atomic E-state index is 0.115. The molecule has 126 valence electrons. The molecule has 2 aromatic rings. The summed E-state index contributed by atoms with van der Waals surface area (Å²) >= 11 is 1.62.